The van der Waals surface area contributed by atoms with Gasteiger partial charge >= 0.3 is 0 Å². The number of hydrogen-bond acceptors (Lipinski definition) is 3. The highest BCUT2D eigenvalue weighted by molar-refractivity contribution is 6.33. The van der Waals surface area contributed by atoms with Crippen LogP contribution < -0.4 is 10.4 Å². The Morgan fingerprint density at radius 1 is 1.30 bits per heavy atom. The Morgan fingerprint density at radius 3 is 2.70 bits per heavy atom. The monoisotopic (exact) mass is 297 g/mol. The smallest absolute Gasteiger partial charge is 0.253 e. The molecule has 1 spiro atoms. The van der Waals surface area contributed by atoms with E-state index in [4.69, 9.17) is 11.6 Å². The molecule has 0 radical (unpaired) electrons. The Kier molecular flexibility index (Phi) is 3.12. The number of nitrogens with one attached hydrogen (secondary N) is 1. The number of pyridine rings is 1. The molecular formula is C13H13ClFN3O2. The number of amides is 2. The van der Waals surface area contributed by atoms with Gasteiger partial charge in [-0.15, -0.1) is 0 Å². The second kappa shape index (κ2) is 4.70. The minimum absolute atomic E-state index is 0.0593. The number of halogens is 2. The summed E-state index contributed by atoms with van der Waals surface area (Å²) >= 11 is 5.96. The van der Waals surface area contributed by atoms with Crippen LogP contribution in [0.2, 0.25) is 5.02 Å². The number of hydrazine groups is 1. The van der Waals surface area contributed by atoms with E-state index in [0.717, 1.165) is 23.9 Å². The molecular weight excluding hydrogens is 285 g/mol. The van der Waals surface area contributed by atoms with Crippen molar-refractivity contribution in [3.63, 3.8) is 0 Å². The molecule has 3 rings (SSSR count). The predicted molar refractivity (Wildman–Crippen MR) is 70.4 cm³/mol. The van der Waals surface area contributed by atoms with Crippen LogP contribution in [-0.4, -0.2) is 16.8 Å². The molecule has 1 aliphatic carbocycles. The summed E-state index contributed by atoms with van der Waals surface area (Å²) in [5.74, 6) is -1.34. The minimum Gasteiger partial charge on any atom is -0.273 e. The van der Waals surface area contributed by atoms with E-state index in [2.05, 4.69) is 10.4 Å². The third-order valence-electron chi connectivity index (χ3n) is 3.96. The number of aromatic nitrogens is 1. The molecule has 1 aliphatic heterocycles. The first-order chi connectivity index (χ1) is 9.52. The van der Waals surface area contributed by atoms with Gasteiger partial charge in [-0.2, -0.15) is 9.37 Å². The molecule has 0 aromatic carbocycles. The van der Waals surface area contributed by atoms with Gasteiger partial charge in [-0.05, 0) is 25.0 Å². The van der Waals surface area contributed by atoms with Crippen molar-refractivity contribution in [2.24, 2.45) is 5.41 Å². The van der Waals surface area contributed by atoms with Gasteiger partial charge in [-0.3, -0.25) is 15.0 Å². The third kappa shape index (κ3) is 2.04. The Morgan fingerprint density at radius 2 is 2.00 bits per heavy atom. The topological polar surface area (TPSA) is 62.3 Å². The highest BCUT2D eigenvalue weighted by Gasteiger charge is 2.49. The van der Waals surface area contributed by atoms with Gasteiger partial charge in [0.2, 0.25) is 11.9 Å². The molecule has 7 heteroatoms. The first-order valence-electron chi connectivity index (χ1n) is 6.48. The van der Waals surface area contributed by atoms with Crippen molar-refractivity contribution in [2.45, 2.75) is 32.1 Å². The molecule has 2 amide bonds. The normalized spacial score (nSPS) is 21.4. The number of rotatable bonds is 1. The molecule has 2 fully saturated rings. The average Bonchev–Trinajstić information content (AvgIpc) is 2.86. The van der Waals surface area contributed by atoms with Gasteiger partial charge in [0, 0.05) is 6.42 Å². The lowest BCUT2D eigenvalue weighted by Gasteiger charge is -2.38. The van der Waals surface area contributed by atoms with E-state index in [1.165, 1.54) is 6.07 Å². The first-order valence-corrected chi connectivity index (χ1v) is 6.86. The molecule has 1 saturated carbocycles. The second-order valence-electron chi connectivity index (χ2n) is 5.28. The summed E-state index contributed by atoms with van der Waals surface area (Å²) < 4.78 is 13.3. The third-order valence-corrected chi connectivity index (χ3v) is 4.25. The molecule has 0 atom stereocenters. The Hall–Kier alpha value is -1.69. The molecule has 0 unspecified atom stereocenters. The van der Waals surface area contributed by atoms with E-state index in [1.807, 2.05) is 0 Å². The van der Waals surface area contributed by atoms with Crippen LogP contribution >= 0.6 is 11.6 Å². The van der Waals surface area contributed by atoms with Crippen LogP contribution in [0, 0.1) is 11.4 Å². The van der Waals surface area contributed by atoms with Crippen molar-refractivity contribution < 1.29 is 14.0 Å². The second-order valence-corrected chi connectivity index (χ2v) is 5.69. The minimum atomic E-state index is -0.752. The van der Waals surface area contributed by atoms with Gasteiger partial charge in [0.1, 0.15) is 0 Å². The summed E-state index contributed by atoms with van der Waals surface area (Å²) in [6.45, 7) is 0. The highest BCUT2D eigenvalue weighted by Crippen LogP contribution is 2.45. The lowest BCUT2D eigenvalue weighted by atomic mass is 9.80. The van der Waals surface area contributed by atoms with Crippen molar-refractivity contribution in [2.75, 3.05) is 5.01 Å². The largest absolute Gasteiger partial charge is 0.273 e. The quantitative estimate of drug-likeness (QED) is 0.808. The molecule has 0 bridgehead atoms. The molecule has 1 saturated heterocycles. The van der Waals surface area contributed by atoms with Gasteiger partial charge in [-0.25, -0.2) is 5.01 Å². The fraction of sp³-hybridized carbons (Fsp3) is 0.462. The fourth-order valence-electron chi connectivity index (χ4n) is 2.99. The first kappa shape index (κ1) is 13.3. The number of carbonyl (C=O) groups excluding carboxylic acids is 2. The highest BCUT2D eigenvalue weighted by atomic mass is 35.5. The van der Waals surface area contributed by atoms with Crippen LogP contribution in [0.15, 0.2) is 12.1 Å². The average molecular weight is 298 g/mol. The maximum Gasteiger partial charge on any atom is 0.253 e. The summed E-state index contributed by atoms with van der Waals surface area (Å²) in [5.41, 5.74) is 1.75. The Bertz CT molecular complexity index is 587. The van der Waals surface area contributed by atoms with Gasteiger partial charge in [0.15, 0.2) is 5.82 Å². The lowest BCUT2D eigenvalue weighted by molar-refractivity contribution is -0.140. The van der Waals surface area contributed by atoms with Crippen LogP contribution in [0.1, 0.15) is 32.1 Å². The van der Waals surface area contributed by atoms with E-state index in [0.29, 0.717) is 12.8 Å². The zero-order valence-electron chi connectivity index (χ0n) is 10.7. The summed E-state index contributed by atoms with van der Waals surface area (Å²) in [6, 6.07) is 2.42. The zero-order chi connectivity index (χ0) is 14.3. The van der Waals surface area contributed by atoms with Crippen LogP contribution in [-0.2, 0) is 9.59 Å². The van der Waals surface area contributed by atoms with E-state index in [-0.39, 0.29) is 29.1 Å². The molecule has 20 heavy (non-hydrogen) atoms. The Balaban J connectivity index is 2.02. The summed E-state index contributed by atoms with van der Waals surface area (Å²) in [7, 11) is 0. The fourth-order valence-corrected chi connectivity index (χ4v) is 3.18. The molecule has 1 aromatic heterocycles. The van der Waals surface area contributed by atoms with Gasteiger partial charge in [0.05, 0.1) is 10.4 Å². The van der Waals surface area contributed by atoms with Crippen molar-refractivity contribution in [3.8, 4) is 0 Å². The van der Waals surface area contributed by atoms with Crippen molar-refractivity contribution in [3.05, 3.63) is 23.1 Å². The molecule has 106 valence electrons. The number of anilines is 1. The number of nitrogens with zero attached hydrogens (tertiary/aromatic N) is 2. The maximum atomic E-state index is 13.3. The van der Waals surface area contributed by atoms with E-state index in [1.54, 1.807) is 0 Å². The zero-order valence-corrected chi connectivity index (χ0v) is 11.4. The summed E-state index contributed by atoms with van der Waals surface area (Å²) in [4.78, 5) is 28.2. The lowest BCUT2D eigenvalue weighted by Crippen LogP contribution is -2.59. The maximum absolute atomic E-state index is 13.3. The van der Waals surface area contributed by atoms with Crippen molar-refractivity contribution in [1.82, 2.24) is 10.4 Å². The van der Waals surface area contributed by atoms with Crippen LogP contribution in [0.4, 0.5) is 10.2 Å². The molecule has 1 aromatic rings. The SMILES string of the molecule is O=C1CC2(CCCC2)C(=O)N(c2nc(F)ccc2Cl)N1. The summed E-state index contributed by atoms with van der Waals surface area (Å²) in [5, 5.41) is 1.12. The van der Waals surface area contributed by atoms with Crippen LogP contribution in [0.5, 0.6) is 0 Å². The van der Waals surface area contributed by atoms with Gasteiger partial charge < -0.3 is 0 Å². The van der Waals surface area contributed by atoms with Crippen molar-refractivity contribution >= 4 is 29.2 Å². The predicted octanol–water partition coefficient (Wildman–Crippen LogP) is 2.20. The molecule has 2 heterocycles. The van der Waals surface area contributed by atoms with Crippen LogP contribution in [0.3, 0.4) is 0 Å². The van der Waals surface area contributed by atoms with Gasteiger partial charge in [0.25, 0.3) is 5.91 Å². The standard InChI is InChI=1S/C13H13ClFN3O2/c14-8-3-4-9(15)16-11(8)18-12(20)13(5-1-2-6-13)7-10(19)17-18/h3-4H,1-2,5-7H2,(H,17,19). The molecule has 1 N–H and O–H groups in total. The van der Waals surface area contributed by atoms with E-state index in [9.17, 15) is 14.0 Å². The summed E-state index contributed by atoms with van der Waals surface area (Å²) in [6.07, 6.45) is 3.34. The van der Waals surface area contributed by atoms with E-state index < -0.39 is 11.4 Å². The molecule has 5 nitrogen and oxygen atoms in total. The van der Waals surface area contributed by atoms with E-state index >= 15 is 0 Å². The van der Waals surface area contributed by atoms with Crippen LogP contribution in [0.25, 0.3) is 0 Å². The van der Waals surface area contributed by atoms with Crippen molar-refractivity contribution in [1.29, 1.82) is 0 Å². The van der Waals surface area contributed by atoms with Gasteiger partial charge in [-0.1, -0.05) is 24.4 Å². The molecule has 2 aliphatic rings. The number of carbonyl (C=O) groups is 2. The Labute approximate surface area is 120 Å². The number of hydrogen-bond donors (Lipinski definition) is 1.